The number of thiazole rings is 1. The topological polar surface area (TPSA) is 116 Å². The van der Waals surface area contributed by atoms with E-state index in [-0.39, 0.29) is 11.3 Å². The molecule has 3 aromatic rings. The molecule has 0 atom stereocenters. The van der Waals surface area contributed by atoms with Gasteiger partial charge >= 0.3 is 0 Å². The molecule has 1 N–H and O–H groups in total. The van der Waals surface area contributed by atoms with Gasteiger partial charge in [0.25, 0.3) is 11.6 Å². The number of benzene rings is 1. The van der Waals surface area contributed by atoms with E-state index in [4.69, 9.17) is 0 Å². The molecule has 0 bridgehead atoms. The minimum atomic E-state index is -0.525. The molecule has 25 heavy (non-hydrogen) atoms. The van der Waals surface area contributed by atoms with Gasteiger partial charge in [0.15, 0.2) is 10.3 Å². The summed E-state index contributed by atoms with van der Waals surface area (Å²) in [5, 5.41) is 22.6. The van der Waals surface area contributed by atoms with Gasteiger partial charge in [0.1, 0.15) is 6.33 Å². The van der Waals surface area contributed by atoms with Crippen molar-refractivity contribution in [3.05, 3.63) is 51.3 Å². The van der Waals surface area contributed by atoms with Crippen LogP contribution >= 0.6 is 23.1 Å². The number of carbonyl (C=O) groups excluding carboxylic acids is 1. The molecule has 0 aliphatic carbocycles. The number of rotatable bonds is 5. The molecule has 2 aromatic heterocycles. The third kappa shape index (κ3) is 3.83. The van der Waals surface area contributed by atoms with E-state index < -0.39 is 10.8 Å². The first-order chi connectivity index (χ1) is 11.9. The summed E-state index contributed by atoms with van der Waals surface area (Å²) >= 11 is 2.44. The molecule has 0 spiro atoms. The highest BCUT2D eigenvalue weighted by molar-refractivity contribution is 7.99. The molecule has 9 nitrogen and oxygen atoms in total. The number of aryl methyl sites for hydroxylation is 2. The Morgan fingerprint density at radius 2 is 2.24 bits per heavy atom. The summed E-state index contributed by atoms with van der Waals surface area (Å²) in [6.07, 6.45) is 3.15. The molecule has 2 heterocycles. The van der Waals surface area contributed by atoms with Crippen LogP contribution in [0.1, 0.15) is 15.2 Å². The fourth-order valence-corrected chi connectivity index (χ4v) is 3.44. The van der Waals surface area contributed by atoms with Crippen LogP contribution in [0.2, 0.25) is 0 Å². The lowest BCUT2D eigenvalue weighted by molar-refractivity contribution is -0.387. The molecule has 3 rings (SSSR count). The zero-order chi connectivity index (χ0) is 18.0. The summed E-state index contributed by atoms with van der Waals surface area (Å²) < 4.78 is 1.65. The van der Waals surface area contributed by atoms with Crippen LogP contribution < -0.4 is 5.32 Å². The van der Waals surface area contributed by atoms with Crippen molar-refractivity contribution in [1.82, 2.24) is 19.7 Å². The Bertz CT molecular complexity index is 952. The number of hydrogen-bond acceptors (Lipinski definition) is 8. The highest BCUT2D eigenvalue weighted by atomic mass is 32.2. The van der Waals surface area contributed by atoms with Crippen LogP contribution in [0.3, 0.4) is 0 Å². The second-order valence-electron chi connectivity index (χ2n) is 5.00. The second-order valence-corrected chi connectivity index (χ2v) is 7.24. The van der Waals surface area contributed by atoms with Crippen LogP contribution in [0, 0.1) is 17.0 Å². The van der Waals surface area contributed by atoms with Crippen molar-refractivity contribution in [2.24, 2.45) is 7.05 Å². The van der Waals surface area contributed by atoms with Gasteiger partial charge in [-0.2, -0.15) is 0 Å². The predicted octanol–water partition coefficient (Wildman–Crippen LogP) is 2.89. The van der Waals surface area contributed by atoms with E-state index in [1.807, 2.05) is 6.92 Å². The van der Waals surface area contributed by atoms with E-state index in [0.717, 1.165) is 16.6 Å². The minimum Gasteiger partial charge on any atom is -0.311 e. The smallest absolute Gasteiger partial charge is 0.284 e. The van der Waals surface area contributed by atoms with Gasteiger partial charge in [-0.15, -0.1) is 21.5 Å². The Morgan fingerprint density at radius 3 is 2.84 bits per heavy atom. The number of hydrogen-bond donors (Lipinski definition) is 1. The van der Waals surface area contributed by atoms with Crippen molar-refractivity contribution < 1.29 is 9.72 Å². The van der Waals surface area contributed by atoms with Crippen LogP contribution in [0.25, 0.3) is 0 Å². The Morgan fingerprint density at radius 1 is 1.44 bits per heavy atom. The Balaban J connectivity index is 1.87. The average molecular weight is 376 g/mol. The maximum absolute atomic E-state index is 12.3. The highest BCUT2D eigenvalue weighted by Crippen LogP contribution is 2.34. The molecule has 0 radical (unpaired) electrons. The van der Waals surface area contributed by atoms with Gasteiger partial charge in [0.2, 0.25) is 0 Å². The Labute approximate surface area is 150 Å². The lowest BCUT2D eigenvalue weighted by atomic mass is 10.2. The first kappa shape index (κ1) is 17.0. The van der Waals surface area contributed by atoms with E-state index in [1.54, 1.807) is 17.8 Å². The van der Waals surface area contributed by atoms with Crippen molar-refractivity contribution in [1.29, 1.82) is 0 Å². The predicted molar refractivity (Wildman–Crippen MR) is 93.0 cm³/mol. The Hall–Kier alpha value is -2.79. The summed E-state index contributed by atoms with van der Waals surface area (Å²) in [6, 6.07) is 4.30. The van der Waals surface area contributed by atoms with E-state index in [0.29, 0.717) is 15.2 Å². The molecule has 128 valence electrons. The standard InChI is InChI=1S/C14H12N6O3S2/c1-8-6-15-13(24-8)17-12(21)9-3-4-11(10(5-9)20(22)23)25-14-18-16-7-19(14)2/h3-7H,1-2H3,(H,15,17,21). The number of nitrogens with zero attached hydrogens (tertiary/aromatic N) is 5. The van der Waals surface area contributed by atoms with Crippen molar-refractivity contribution in [2.75, 3.05) is 5.32 Å². The van der Waals surface area contributed by atoms with E-state index >= 15 is 0 Å². The second kappa shape index (κ2) is 6.99. The summed E-state index contributed by atoms with van der Waals surface area (Å²) in [4.78, 5) is 28.5. The van der Waals surface area contributed by atoms with Gasteiger partial charge in [0.05, 0.1) is 9.82 Å². The molecule has 0 fully saturated rings. The fraction of sp³-hybridized carbons (Fsp3) is 0.143. The molecule has 1 amide bonds. The zero-order valence-electron chi connectivity index (χ0n) is 13.2. The summed E-state index contributed by atoms with van der Waals surface area (Å²) in [7, 11) is 1.74. The molecule has 11 heteroatoms. The average Bonchev–Trinajstić information content (AvgIpc) is 3.16. The summed E-state index contributed by atoms with van der Waals surface area (Å²) in [5.74, 6) is -0.451. The molecule has 1 aromatic carbocycles. The summed E-state index contributed by atoms with van der Waals surface area (Å²) in [5.41, 5.74) is 0.0119. The van der Waals surface area contributed by atoms with Gasteiger partial charge < -0.3 is 4.57 Å². The first-order valence-corrected chi connectivity index (χ1v) is 8.61. The zero-order valence-corrected chi connectivity index (χ0v) is 14.8. The van der Waals surface area contributed by atoms with Gasteiger partial charge in [0, 0.05) is 29.8 Å². The number of nitro groups is 1. The maximum Gasteiger partial charge on any atom is 0.284 e. The fourth-order valence-electron chi connectivity index (χ4n) is 1.93. The first-order valence-electron chi connectivity index (χ1n) is 6.98. The molecule has 0 unspecified atom stereocenters. The maximum atomic E-state index is 12.3. The number of nitro benzene ring substituents is 1. The van der Waals surface area contributed by atoms with Crippen LogP contribution in [-0.4, -0.2) is 30.6 Å². The molecule has 0 saturated heterocycles. The van der Waals surface area contributed by atoms with Gasteiger partial charge in [-0.25, -0.2) is 4.98 Å². The highest BCUT2D eigenvalue weighted by Gasteiger charge is 2.20. The number of nitrogens with one attached hydrogen (secondary N) is 1. The number of amides is 1. The minimum absolute atomic E-state index is 0.170. The molecular weight excluding hydrogens is 364 g/mol. The SMILES string of the molecule is Cc1cnc(NC(=O)c2ccc(Sc3nncn3C)c([N+](=O)[O-])c2)s1. The van der Waals surface area contributed by atoms with Crippen molar-refractivity contribution in [2.45, 2.75) is 17.0 Å². The van der Waals surface area contributed by atoms with E-state index in [1.165, 1.54) is 35.9 Å². The van der Waals surface area contributed by atoms with Crippen molar-refractivity contribution in [3.8, 4) is 0 Å². The van der Waals surface area contributed by atoms with Crippen LogP contribution in [0.15, 0.2) is 40.8 Å². The third-order valence-corrected chi connectivity index (χ3v) is 5.08. The van der Waals surface area contributed by atoms with Crippen molar-refractivity contribution >= 4 is 39.8 Å². The summed E-state index contributed by atoms with van der Waals surface area (Å²) in [6.45, 7) is 1.87. The monoisotopic (exact) mass is 376 g/mol. The van der Waals surface area contributed by atoms with Gasteiger partial charge in [-0.1, -0.05) is 0 Å². The number of aromatic nitrogens is 4. The van der Waals surface area contributed by atoms with Gasteiger partial charge in [-0.05, 0) is 30.8 Å². The van der Waals surface area contributed by atoms with Gasteiger partial charge in [-0.3, -0.25) is 20.2 Å². The quantitative estimate of drug-likeness (QED) is 0.537. The Kier molecular flexibility index (Phi) is 4.76. The van der Waals surface area contributed by atoms with E-state index in [9.17, 15) is 14.9 Å². The van der Waals surface area contributed by atoms with E-state index in [2.05, 4.69) is 20.5 Å². The lowest BCUT2D eigenvalue weighted by Gasteiger charge is -2.05. The third-order valence-electron chi connectivity index (χ3n) is 3.13. The largest absolute Gasteiger partial charge is 0.311 e. The van der Waals surface area contributed by atoms with Crippen LogP contribution in [0.4, 0.5) is 10.8 Å². The number of anilines is 1. The van der Waals surface area contributed by atoms with Crippen molar-refractivity contribution in [3.63, 3.8) is 0 Å². The number of carbonyl (C=O) groups is 1. The van der Waals surface area contributed by atoms with Crippen LogP contribution in [0.5, 0.6) is 0 Å². The van der Waals surface area contributed by atoms with Crippen LogP contribution in [-0.2, 0) is 7.05 Å². The molecule has 0 saturated carbocycles. The molecular formula is C14H12N6O3S2. The normalized spacial score (nSPS) is 10.6. The lowest BCUT2D eigenvalue weighted by Crippen LogP contribution is -2.12. The molecule has 0 aliphatic heterocycles. The molecule has 0 aliphatic rings.